The van der Waals surface area contributed by atoms with E-state index in [1.807, 2.05) is 0 Å². The van der Waals surface area contributed by atoms with Gasteiger partial charge in [-0.3, -0.25) is 0 Å². The minimum Gasteiger partial charge on any atom is -0.316 e. The predicted molar refractivity (Wildman–Crippen MR) is 86.0 cm³/mol. The Hall–Kier alpha value is -0.820. The van der Waals surface area contributed by atoms with Gasteiger partial charge in [0.1, 0.15) is 0 Å². The lowest BCUT2D eigenvalue weighted by Gasteiger charge is -2.32. The Balaban J connectivity index is 1.74. The monoisotopic (exact) mass is 271 g/mol. The molecule has 1 heteroatoms. The van der Waals surface area contributed by atoms with Gasteiger partial charge in [-0.2, -0.15) is 0 Å². The minimum absolute atomic E-state index is 0.543. The fourth-order valence-electron chi connectivity index (χ4n) is 4.28. The number of fused-ring (bicyclic) bond motifs is 1. The molecule has 2 saturated carbocycles. The van der Waals surface area contributed by atoms with Crippen molar-refractivity contribution in [3.63, 3.8) is 0 Å². The van der Waals surface area contributed by atoms with Crippen LogP contribution in [-0.2, 0) is 6.42 Å². The van der Waals surface area contributed by atoms with Gasteiger partial charge in [0.05, 0.1) is 0 Å². The summed E-state index contributed by atoms with van der Waals surface area (Å²) in [6.45, 7) is 9.15. The number of hydrogen-bond donors (Lipinski definition) is 1. The van der Waals surface area contributed by atoms with E-state index >= 15 is 0 Å². The second-order valence-electron chi connectivity index (χ2n) is 7.45. The zero-order chi connectivity index (χ0) is 14.2. The third-order valence-corrected chi connectivity index (χ3v) is 5.46. The fraction of sp³-hybridized carbons (Fsp3) is 0.684. The lowest BCUT2D eigenvalue weighted by molar-refractivity contribution is 0.248. The lowest BCUT2D eigenvalue weighted by Crippen LogP contribution is -2.35. The molecule has 0 amide bonds. The molecule has 0 bridgehead atoms. The Bertz CT molecular complexity index is 467. The molecule has 1 N–H and O–H groups in total. The van der Waals surface area contributed by atoms with Crippen LogP contribution in [0.3, 0.4) is 0 Å². The first-order valence-corrected chi connectivity index (χ1v) is 8.39. The van der Waals surface area contributed by atoms with Crippen LogP contribution in [0, 0.1) is 31.1 Å². The number of nitrogens with one attached hydrogen (secondary N) is 1. The quantitative estimate of drug-likeness (QED) is 0.762. The molecule has 2 aliphatic carbocycles. The van der Waals surface area contributed by atoms with Crippen LogP contribution in [0.25, 0.3) is 0 Å². The molecule has 20 heavy (non-hydrogen) atoms. The van der Waals surface area contributed by atoms with Crippen molar-refractivity contribution in [2.75, 3.05) is 13.1 Å². The van der Waals surface area contributed by atoms with E-state index in [-0.39, 0.29) is 0 Å². The van der Waals surface area contributed by atoms with Crippen molar-refractivity contribution in [3.8, 4) is 0 Å². The Morgan fingerprint density at radius 1 is 1.20 bits per heavy atom. The highest BCUT2D eigenvalue weighted by Crippen LogP contribution is 2.60. The van der Waals surface area contributed by atoms with Gasteiger partial charge in [-0.05, 0) is 80.9 Å². The first-order valence-electron chi connectivity index (χ1n) is 8.39. The second kappa shape index (κ2) is 5.52. The minimum atomic E-state index is 0.543. The van der Waals surface area contributed by atoms with Crippen LogP contribution >= 0.6 is 0 Å². The maximum Gasteiger partial charge on any atom is 0.00112 e. The molecular formula is C19H29N. The van der Waals surface area contributed by atoms with Crippen LogP contribution in [0.5, 0.6) is 0 Å². The number of aryl methyl sites for hydroxylation is 2. The molecule has 2 unspecified atom stereocenters. The van der Waals surface area contributed by atoms with Crippen molar-refractivity contribution in [1.29, 1.82) is 0 Å². The maximum atomic E-state index is 3.71. The van der Waals surface area contributed by atoms with Gasteiger partial charge in [0.25, 0.3) is 0 Å². The highest BCUT2D eigenvalue weighted by molar-refractivity contribution is 5.32. The third kappa shape index (κ3) is 2.93. The van der Waals surface area contributed by atoms with Gasteiger partial charge in [0, 0.05) is 6.54 Å². The number of benzene rings is 1. The Morgan fingerprint density at radius 3 is 2.65 bits per heavy atom. The van der Waals surface area contributed by atoms with Crippen LogP contribution < -0.4 is 5.32 Å². The molecule has 0 aliphatic heterocycles. The molecular weight excluding hydrogens is 242 g/mol. The van der Waals surface area contributed by atoms with Crippen LogP contribution in [0.2, 0.25) is 0 Å². The van der Waals surface area contributed by atoms with Crippen molar-refractivity contribution in [2.45, 2.75) is 52.9 Å². The Kier molecular flexibility index (Phi) is 3.90. The molecule has 0 spiro atoms. The Labute approximate surface area is 124 Å². The molecule has 2 aliphatic rings. The molecule has 0 radical (unpaired) electrons. The van der Waals surface area contributed by atoms with Gasteiger partial charge in [-0.1, -0.05) is 30.7 Å². The zero-order valence-electron chi connectivity index (χ0n) is 13.3. The third-order valence-electron chi connectivity index (χ3n) is 5.46. The predicted octanol–water partition coefficient (Wildman–Crippen LogP) is 4.26. The fourth-order valence-corrected chi connectivity index (χ4v) is 4.28. The van der Waals surface area contributed by atoms with E-state index in [0.29, 0.717) is 5.41 Å². The van der Waals surface area contributed by atoms with E-state index in [0.717, 1.165) is 11.8 Å². The van der Waals surface area contributed by atoms with Crippen LogP contribution in [0.4, 0.5) is 0 Å². The molecule has 1 aromatic carbocycles. The second-order valence-corrected chi connectivity index (χ2v) is 7.45. The van der Waals surface area contributed by atoms with E-state index in [9.17, 15) is 0 Å². The average molecular weight is 271 g/mol. The topological polar surface area (TPSA) is 12.0 Å². The summed E-state index contributed by atoms with van der Waals surface area (Å²) in [5.74, 6) is 2.12. The van der Waals surface area contributed by atoms with Crippen molar-refractivity contribution in [2.24, 2.45) is 17.3 Å². The average Bonchev–Trinajstić information content (AvgIpc) is 3.03. The lowest BCUT2D eigenvalue weighted by atomic mass is 9.76. The van der Waals surface area contributed by atoms with Gasteiger partial charge in [0.2, 0.25) is 0 Å². The van der Waals surface area contributed by atoms with E-state index in [2.05, 4.69) is 44.3 Å². The first-order chi connectivity index (χ1) is 9.62. The number of rotatable bonds is 6. The van der Waals surface area contributed by atoms with Gasteiger partial charge < -0.3 is 5.32 Å². The smallest absolute Gasteiger partial charge is 0.00112 e. The summed E-state index contributed by atoms with van der Waals surface area (Å²) in [5, 5.41) is 3.71. The molecule has 0 aromatic heterocycles. The van der Waals surface area contributed by atoms with Crippen LogP contribution in [0.15, 0.2) is 18.2 Å². The van der Waals surface area contributed by atoms with Crippen molar-refractivity contribution < 1.29 is 0 Å². The normalized spacial score (nSPS) is 31.4. The molecule has 2 fully saturated rings. The summed E-state index contributed by atoms with van der Waals surface area (Å²) in [6, 6.07) is 6.96. The molecule has 1 aromatic rings. The molecule has 1 nitrogen and oxygen atoms in total. The molecule has 2 atom stereocenters. The van der Waals surface area contributed by atoms with E-state index < -0.39 is 0 Å². The maximum absolute atomic E-state index is 3.71. The summed E-state index contributed by atoms with van der Waals surface area (Å²) in [7, 11) is 0. The zero-order valence-corrected chi connectivity index (χ0v) is 13.3. The van der Waals surface area contributed by atoms with Gasteiger partial charge >= 0.3 is 0 Å². The first kappa shape index (κ1) is 14.1. The van der Waals surface area contributed by atoms with Gasteiger partial charge in [0.15, 0.2) is 0 Å². The Morgan fingerprint density at radius 2 is 1.95 bits per heavy atom. The largest absolute Gasteiger partial charge is 0.316 e. The highest BCUT2D eigenvalue weighted by Gasteiger charge is 2.53. The highest BCUT2D eigenvalue weighted by atomic mass is 14.9. The molecule has 0 heterocycles. The van der Waals surface area contributed by atoms with Crippen molar-refractivity contribution in [3.05, 3.63) is 34.9 Å². The SMILES string of the molecule is CCCNCC1(Cc2cc(C)ccc2C)CC2CC2C1. The van der Waals surface area contributed by atoms with E-state index in [1.165, 1.54) is 56.3 Å². The van der Waals surface area contributed by atoms with Crippen molar-refractivity contribution in [1.82, 2.24) is 5.32 Å². The summed E-state index contributed by atoms with van der Waals surface area (Å²) >= 11 is 0. The summed E-state index contributed by atoms with van der Waals surface area (Å²) in [6.07, 6.45) is 6.96. The summed E-state index contributed by atoms with van der Waals surface area (Å²) in [5.41, 5.74) is 5.02. The summed E-state index contributed by atoms with van der Waals surface area (Å²) in [4.78, 5) is 0. The van der Waals surface area contributed by atoms with Crippen LogP contribution in [0.1, 0.15) is 49.3 Å². The molecule has 110 valence electrons. The van der Waals surface area contributed by atoms with Crippen LogP contribution in [-0.4, -0.2) is 13.1 Å². The molecule has 0 saturated heterocycles. The van der Waals surface area contributed by atoms with Crippen molar-refractivity contribution >= 4 is 0 Å². The van der Waals surface area contributed by atoms with Gasteiger partial charge in [-0.25, -0.2) is 0 Å². The van der Waals surface area contributed by atoms with E-state index in [1.54, 1.807) is 5.56 Å². The summed E-state index contributed by atoms with van der Waals surface area (Å²) < 4.78 is 0. The van der Waals surface area contributed by atoms with E-state index in [4.69, 9.17) is 0 Å². The van der Waals surface area contributed by atoms with Gasteiger partial charge in [-0.15, -0.1) is 0 Å². The standard InChI is InChI=1S/C19H29N/c1-4-7-20-13-19(11-17-9-18(17)12-19)10-16-8-14(2)5-6-15(16)3/h5-6,8,17-18,20H,4,7,9-13H2,1-3H3. The number of hydrogen-bond acceptors (Lipinski definition) is 1. The molecule has 3 rings (SSSR count).